The third-order valence-electron chi connectivity index (χ3n) is 3.20. The Kier molecular flexibility index (Phi) is 7.41. The molecule has 8 heteroatoms. The summed E-state index contributed by atoms with van der Waals surface area (Å²) in [6.07, 6.45) is -0.812. The number of hydrogen-bond acceptors (Lipinski definition) is 6. The van der Waals surface area contributed by atoms with Crippen molar-refractivity contribution in [2.45, 2.75) is 52.2 Å². The van der Waals surface area contributed by atoms with E-state index in [0.29, 0.717) is 17.9 Å². The average molecular weight is 369 g/mol. The van der Waals surface area contributed by atoms with Crippen LogP contribution in [0.2, 0.25) is 0 Å². The number of methoxy groups -OCH3 is 1. The monoisotopic (exact) mass is 369 g/mol. The fourth-order valence-corrected chi connectivity index (χ4v) is 2.05. The van der Waals surface area contributed by atoms with Gasteiger partial charge in [0.25, 0.3) is 0 Å². The number of nitrogens with one attached hydrogen (secondary N) is 1. The molecule has 0 saturated carbocycles. The number of aliphatic carboxylic acids is 1. The van der Waals surface area contributed by atoms with Crippen LogP contribution < -0.4 is 10.1 Å². The van der Waals surface area contributed by atoms with Gasteiger partial charge in [-0.05, 0) is 45.4 Å². The first kappa shape index (κ1) is 21.7. The zero-order chi connectivity index (χ0) is 20.0. The quantitative estimate of drug-likeness (QED) is 0.679. The van der Waals surface area contributed by atoms with E-state index >= 15 is 0 Å². The summed E-state index contributed by atoms with van der Waals surface area (Å²) in [6.45, 7) is 8.90. The van der Waals surface area contributed by atoms with Gasteiger partial charge in [-0.1, -0.05) is 12.1 Å². The van der Waals surface area contributed by atoms with E-state index in [1.54, 1.807) is 39.8 Å². The van der Waals surface area contributed by atoms with E-state index < -0.39 is 29.7 Å². The molecule has 0 heterocycles. The van der Waals surface area contributed by atoms with Crippen LogP contribution in [0.25, 0.3) is 0 Å². The summed E-state index contributed by atoms with van der Waals surface area (Å²) in [5.74, 6) is -2.04. The van der Waals surface area contributed by atoms with Gasteiger partial charge in [0.05, 0.1) is 6.61 Å². The maximum atomic E-state index is 11.9. The number of alkyl carbamates (subject to hydrolysis) is 1. The highest BCUT2D eigenvalue weighted by molar-refractivity contribution is 5.81. The minimum atomic E-state index is -1.25. The lowest BCUT2D eigenvalue weighted by Crippen LogP contribution is -2.38. The summed E-state index contributed by atoms with van der Waals surface area (Å²) in [4.78, 5) is 23.4. The van der Waals surface area contributed by atoms with Crippen molar-refractivity contribution in [3.63, 3.8) is 0 Å². The lowest BCUT2D eigenvalue weighted by atomic mass is 10.1. The first-order chi connectivity index (χ1) is 12.0. The minimum absolute atomic E-state index is 0.367. The summed E-state index contributed by atoms with van der Waals surface area (Å²) in [7, 11) is 1.45. The highest BCUT2D eigenvalue weighted by atomic mass is 16.9. The van der Waals surface area contributed by atoms with Crippen molar-refractivity contribution in [3.05, 3.63) is 29.8 Å². The van der Waals surface area contributed by atoms with Crippen LogP contribution in [0.3, 0.4) is 0 Å². The standard InChI is InChI=1S/C18H27NO7/c1-7-24-18(5,23-6)25-13-10-8-12(9-11-13)14(15(20)21)19-16(22)26-17(2,3)4/h8-11,14H,7H2,1-6H3,(H,19,22)(H,20,21)/t14-,18?/m1/s1. The molecule has 146 valence electrons. The van der Waals surface area contributed by atoms with Crippen LogP contribution in [0.4, 0.5) is 4.79 Å². The SMILES string of the molecule is CCOC(C)(OC)Oc1ccc([C@@H](NC(=O)OC(C)(C)C)C(=O)O)cc1. The van der Waals surface area contributed by atoms with E-state index in [0.717, 1.165) is 0 Å². The van der Waals surface area contributed by atoms with E-state index in [9.17, 15) is 14.7 Å². The van der Waals surface area contributed by atoms with E-state index in [4.69, 9.17) is 18.9 Å². The molecule has 0 radical (unpaired) electrons. The molecule has 1 aromatic carbocycles. The van der Waals surface area contributed by atoms with Crippen LogP contribution in [0, 0.1) is 0 Å². The van der Waals surface area contributed by atoms with Crippen molar-refractivity contribution in [2.75, 3.05) is 13.7 Å². The Labute approximate surface area is 153 Å². The molecule has 1 rings (SSSR count). The van der Waals surface area contributed by atoms with Gasteiger partial charge in [0.1, 0.15) is 11.4 Å². The highest BCUT2D eigenvalue weighted by Crippen LogP contribution is 2.23. The zero-order valence-corrected chi connectivity index (χ0v) is 16.0. The van der Waals surface area contributed by atoms with Gasteiger partial charge >= 0.3 is 18.0 Å². The fraction of sp³-hybridized carbons (Fsp3) is 0.556. The highest BCUT2D eigenvalue weighted by Gasteiger charge is 2.28. The average Bonchev–Trinajstić information content (AvgIpc) is 2.52. The van der Waals surface area contributed by atoms with Crippen molar-refractivity contribution >= 4 is 12.1 Å². The second-order valence-electron chi connectivity index (χ2n) is 6.59. The maximum absolute atomic E-state index is 11.9. The predicted molar refractivity (Wildman–Crippen MR) is 93.9 cm³/mol. The molecule has 1 amide bonds. The number of ether oxygens (including phenoxy) is 4. The molecule has 0 aliphatic rings. The Morgan fingerprint density at radius 1 is 1.15 bits per heavy atom. The number of carbonyl (C=O) groups excluding carboxylic acids is 1. The molecular formula is C18H27NO7. The van der Waals surface area contributed by atoms with Crippen molar-refractivity contribution in [2.24, 2.45) is 0 Å². The molecule has 0 saturated heterocycles. The molecule has 0 bridgehead atoms. The van der Waals surface area contributed by atoms with Crippen LogP contribution in [0.1, 0.15) is 46.2 Å². The van der Waals surface area contributed by atoms with Gasteiger partial charge in [-0.2, -0.15) is 0 Å². The van der Waals surface area contributed by atoms with Crippen LogP contribution >= 0.6 is 0 Å². The first-order valence-corrected chi connectivity index (χ1v) is 8.20. The van der Waals surface area contributed by atoms with Gasteiger partial charge in [-0.3, -0.25) is 0 Å². The van der Waals surface area contributed by atoms with E-state index in [2.05, 4.69) is 5.32 Å². The van der Waals surface area contributed by atoms with E-state index in [1.807, 2.05) is 6.92 Å². The first-order valence-electron chi connectivity index (χ1n) is 8.20. The topological polar surface area (TPSA) is 103 Å². The maximum Gasteiger partial charge on any atom is 0.408 e. The normalized spacial score (nSPS) is 14.8. The Hall–Kier alpha value is -2.32. The number of rotatable bonds is 8. The molecular weight excluding hydrogens is 342 g/mol. The lowest BCUT2D eigenvalue weighted by Gasteiger charge is -2.28. The van der Waals surface area contributed by atoms with Crippen LogP contribution in [-0.2, 0) is 19.0 Å². The predicted octanol–water partition coefficient (Wildman–Crippen LogP) is 3.07. The van der Waals surface area contributed by atoms with Gasteiger partial charge in [0.2, 0.25) is 0 Å². The van der Waals surface area contributed by atoms with Crippen LogP contribution in [0.15, 0.2) is 24.3 Å². The van der Waals surface area contributed by atoms with Crippen molar-refractivity contribution in [1.82, 2.24) is 5.32 Å². The van der Waals surface area contributed by atoms with Gasteiger partial charge in [0.15, 0.2) is 6.04 Å². The van der Waals surface area contributed by atoms with E-state index in [-0.39, 0.29) is 0 Å². The second-order valence-corrected chi connectivity index (χ2v) is 6.59. The summed E-state index contributed by atoms with van der Waals surface area (Å²) in [5.41, 5.74) is -0.361. The smallest absolute Gasteiger partial charge is 0.408 e. The van der Waals surface area contributed by atoms with Crippen LogP contribution in [-0.4, -0.2) is 42.5 Å². The van der Waals surface area contributed by atoms with Crippen molar-refractivity contribution < 1.29 is 33.6 Å². The molecule has 8 nitrogen and oxygen atoms in total. The molecule has 26 heavy (non-hydrogen) atoms. The number of carboxylic acid groups (broad SMARTS) is 1. The van der Waals surface area contributed by atoms with Crippen molar-refractivity contribution in [3.8, 4) is 5.75 Å². The molecule has 1 aromatic rings. The summed E-state index contributed by atoms with van der Waals surface area (Å²) in [5, 5.41) is 11.7. The molecule has 2 N–H and O–H groups in total. The number of carboxylic acids is 1. The van der Waals surface area contributed by atoms with Gasteiger partial charge in [-0.15, -0.1) is 0 Å². The minimum Gasteiger partial charge on any atom is -0.479 e. The third kappa shape index (κ3) is 6.89. The number of amides is 1. The number of carbonyl (C=O) groups is 2. The fourth-order valence-electron chi connectivity index (χ4n) is 2.05. The largest absolute Gasteiger partial charge is 0.479 e. The molecule has 2 atom stereocenters. The number of benzene rings is 1. The zero-order valence-electron chi connectivity index (χ0n) is 16.0. The Balaban J connectivity index is 2.88. The Morgan fingerprint density at radius 2 is 1.73 bits per heavy atom. The van der Waals surface area contributed by atoms with Crippen molar-refractivity contribution in [1.29, 1.82) is 0 Å². The Bertz CT molecular complexity index is 609. The molecule has 0 aliphatic carbocycles. The number of hydrogen-bond donors (Lipinski definition) is 2. The molecule has 0 aromatic heterocycles. The molecule has 0 aliphatic heterocycles. The molecule has 0 fully saturated rings. The summed E-state index contributed by atoms with van der Waals surface area (Å²) in [6, 6.07) is 4.96. The van der Waals surface area contributed by atoms with Gasteiger partial charge in [0, 0.05) is 14.0 Å². The summed E-state index contributed by atoms with van der Waals surface area (Å²) >= 11 is 0. The summed E-state index contributed by atoms with van der Waals surface area (Å²) < 4.78 is 21.3. The Morgan fingerprint density at radius 3 is 2.15 bits per heavy atom. The lowest BCUT2D eigenvalue weighted by molar-refractivity contribution is -0.319. The molecule has 0 spiro atoms. The van der Waals surface area contributed by atoms with Gasteiger partial charge < -0.3 is 29.4 Å². The molecule has 1 unspecified atom stereocenters. The second kappa shape index (κ2) is 8.86. The van der Waals surface area contributed by atoms with Gasteiger partial charge in [-0.25, -0.2) is 9.59 Å². The third-order valence-corrected chi connectivity index (χ3v) is 3.20. The van der Waals surface area contributed by atoms with E-state index in [1.165, 1.54) is 19.2 Å². The van der Waals surface area contributed by atoms with Crippen LogP contribution in [0.5, 0.6) is 5.75 Å².